The Morgan fingerprint density at radius 3 is 1.95 bits per heavy atom. The van der Waals surface area contributed by atoms with E-state index in [1.807, 2.05) is 0 Å². The Morgan fingerprint density at radius 2 is 1.41 bits per heavy atom. The van der Waals surface area contributed by atoms with Gasteiger partial charge in [-0.2, -0.15) is 0 Å². The number of ether oxygens (including phenoxy) is 5. The van der Waals surface area contributed by atoms with Crippen LogP contribution in [0.3, 0.4) is 0 Å². The molecule has 3 aliphatic carbocycles. The number of amides is 1. The maximum Gasteiger partial charge on any atom is 0.340 e. The van der Waals surface area contributed by atoms with Gasteiger partial charge in [-0.15, -0.1) is 0 Å². The van der Waals surface area contributed by atoms with Crippen molar-refractivity contribution in [2.24, 2.45) is 16.7 Å². The zero-order valence-corrected chi connectivity index (χ0v) is 36.2. The van der Waals surface area contributed by atoms with E-state index in [0.717, 1.165) is 13.8 Å². The average Bonchev–Trinajstić information content (AvgIpc) is 3.24. The van der Waals surface area contributed by atoms with Crippen molar-refractivity contribution < 1.29 is 67.8 Å². The lowest BCUT2D eigenvalue weighted by atomic mass is 9.44. The Kier molecular flexibility index (Phi) is 11.8. The second-order valence-corrected chi connectivity index (χ2v) is 18.0. The van der Waals surface area contributed by atoms with E-state index in [1.54, 1.807) is 92.7 Å². The fraction of sp³-hybridized carbons (Fsp3) is 0.458. The number of Topliss-reactive ketones (excluding diaryl/α,β-unsaturated/α-hetero) is 1. The second kappa shape index (κ2) is 16.4. The van der Waals surface area contributed by atoms with Crippen LogP contribution in [0, 0.1) is 16.7 Å². The molecular formula is C48H53NO14. The van der Waals surface area contributed by atoms with E-state index in [4.69, 9.17) is 23.7 Å². The van der Waals surface area contributed by atoms with Crippen molar-refractivity contribution in [2.45, 2.75) is 115 Å². The highest BCUT2D eigenvalue weighted by atomic mass is 16.6. The molecule has 15 heteroatoms. The van der Waals surface area contributed by atoms with Gasteiger partial charge < -0.3 is 44.3 Å². The van der Waals surface area contributed by atoms with Gasteiger partial charge in [0.2, 0.25) is 0 Å². The molecule has 0 spiro atoms. The van der Waals surface area contributed by atoms with Crippen LogP contribution in [-0.4, -0.2) is 105 Å². The highest BCUT2D eigenvalue weighted by Gasteiger charge is 2.78. The topological polar surface area (TPSA) is 221 Å². The SMILES string of the molecule is CC(=O)O[C@H]1C(=O)[C@@]2(C)C([C@H](OC(=O)c3ccccc3)[C@]3(O)C[C@H](OC(=O)[C@](C)(O)[C@@H](NC(=O)c4ccccc4)c4ccccc4)C(C)=C1C3(C)C)[C@]1(OC(C)=O)CO[C@@H]1C[C@@H]2O. The molecule has 7 rings (SSSR count). The molecule has 1 aliphatic heterocycles. The van der Waals surface area contributed by atoms with Gasteiger partial charge in [-0.05, 0) is 61.7 Å². The van der Waals surface area contributed by atoms with Crippen LogP contribution in [0.15, 0.2) is 102 Å². The summed E-state index contributed by atoms with van der Waals surface area (Å²) in [6.45, 7) is 9.15. The van der Waals surface area contributed by atoms with Gasteiger partial charge in [-0.25, -0.2) is 9.59 Å². The number of esters is 4. The number of benzene rings is 3. The summed E-state index contributed by atoms with van der Waals surface area (Å²) in [6.07, 6.45) is -8.54. The lowest BCUT2D eigenvalue weighted by Crippen LogP contribution is -2.82. The largest absolute Gasteiger partial charge is 0.456 e. The van der Waals surface area contributed by atoms with Crippen molar-refractivity contribution in [3.8, 4) is 0 Å². The molecule has 0 radical (unpaired) electrons. The van der Waals surface area contributed by atoms with Gasteiger partial charge in [0.15, 0.2) is 23.1 Å². The first-order valence-electron chi connectivity index (χ1n) is 20.9. The summed E-state index contributed by atoms with van der Waals surface area (Å²) in [5, 5.41) is 40.8. The molecule has 4 aliphatic rings. The number of ketones is 1. The normalized spacial score (nSPS) is 32.1. The van der Waals surface area contributed by atoms with Crippen LogP contribution >= 0.6 is 0 Å². The van der Waals surface area contributed by atoms with E-state index < -0.39 is 112 Å². The van der Waals surface area contributed by atoms with E-state index in [9.17, 15) is 39.3 Å². The molecule has 2 bridgehead atoms. The smallest absolute Gasteiger partial charge is 0.340 e. The number of carbonyl (C=O) groups is 6. The van der Waals surface area contributed by atoms with Crippen LogP contribution < -0.4 is 5.32 Å². The fourth-order valence-corrected chi connectivity index (χ4v) is 10.4. The second-order valence-electron chi connectivity index (χ2n) is 18.0. The fourth-order valence-electron chi connectivity index (χ4n) is 10.4. The third kappa shape index (κ3) is 7.43. The number of carbonyl (C=O) groups excluding carboxylic acids is 6. The van der Waals surface area contributed by atoms with Gasteiger partial charge in [0.25, 0.3) is 5.91 Å². The Morgan fingerprint density at radius 1 is 0.841 bits per heavy atom. The van der Waals surface area contributed by atoms with Crippen molar-refractivity contribution >= 4 is 35.6 Å². The highest BCUT2D eigenvalue weighted by Crippen LogP contribution is 2.64. The van der Waals surface area contributed by atoms with E-state index in [1.165, 1.54) is 32.9 Å². The summed E-state index contributed by atoms with van der Waals surface area (Å²) in [5.41, 5.74) is -9.58. The predicted octanol–water partition coefficient (Wildman–Crippen LogP) is 4.13. The number of aliphatic hydroxyl groups is 3. The molecule has 1 amide bonds. The molecule has 63 heavy (non-hydrogen) atoms. The van der Waals surface area contributed by atoms with Gasteiger partial charge in [-0.1, -0.05) is 80.6 Å². The van der Waals surface area contributed by atoms with E-state index in [0.29, 0.717) is 5.56 Å². The molecule has 1 heterocycles. The number of fused-ring (bicyclic) bond motifs is 5. The van der Waals surface area contributed by atoms with Crippen LogP contribution in [0.25, 0.3) is 0 Å². The summed E-state index contributed by atoms with van der Waals surface area (Å²) >= 11 is 0. The number of rotatable bonds is 10. The average molecular weight is 868 g/mol. The van der Waals surface area contributed by atoms with Crippen LogP contribution in [-0.2, 0) is 42.9 Å². The van der Waals surface area contributed by atoms with E-state index in [-0.39, 0.29) is 35.3 Å². The van der Waals surface area contributed by atoms with Crippen molar-refractivity contribution in [2.75, 3.05) is 6.61 Å². The maximum absolute atomic E-state index is 15.5. The molecule has 334 valence electrons. The summed E-state index contributed by atoms with van der Waals surface area (Å²) < 4.78 is 30.4. The van der Waals surface area contributed by atoms with Crippen molar-refractivity contribution in [1.82, 2.24) is 5.32 Å². The standard InChI is InChI=1S/C48H53NO14/c1-26-32(61-43(56)46(7,57)38(29-17-11-8-12-18-29)49-41(54)30-19-13-9-14-20-30)24-48(58)40(62-42(55)31-21-15-10-16-22-31)37-45(6,33(52)23-34-47(37,25-59-34)63-28(3)51)39(53)36(60-27(2)50)35(26)44(48,4)5/h8-22,32-34,36-38,40,52,57-58H,23-25H2,1-7H3,(H,49,54)/t32-,33-,34+,36+,37?,38-,40-,45+,46+,47-,48+/m0/s1. The first-order valence-corrected chi connectivity index (χ1v) is 20.9. The lowest BCUT2D eigenvalue weighted by Gasteiger charge is -2.67. The molecule has 1 saturated heterocycles. The zero-order valence-electron chi connectivity index (χ0n) is 36.2. The van der Waals surface area contributed by atoms with Crippen molar-refractivity contribution in [3.63, 3.8) is 0 Å². The van der Waals surface area contributed by atoms with Gasteiger partial charge in [0, 0.05) is 37.7 Å². The molecule has 3 aromatic carbocycles. The molecular weight excluding hydrogens is 815 g/mol. The first-order chi connectivity index (χ1) is 29.6. The van der Waals surface area contributed by atoms with Gasteiger partial charge >= 0.3 is 23.9 Å². The molecule has 11 atom stereocenters. The Bertz CT molecular complexity index is 2330. The number of hydrogen-bond donors (Lipinski definition) is 4. The number of hydrogen-bond acceptors (Lipinski definition) is 14. The third-order valence-electron chi connectivity index (χ3n) is 13.9. The summed E-state index contributed by atoms with van der Waals surface area (Å²) in [4.78, 5) is 84.1. The lowest BCUT2D eigenvalue weighted by molar-refractivity contribution is -0.346. The first kappa shape index (κ1) is 45.3. The summed E-state index contributed by atoms with van der Waals surface area (Å²) in [5.74, 6) is -6.88. The van der Waals surface area contributed by atoms with Crippen LogP contribution in [0.4, 0.5) is 0 Å². The summed E-state index contributed by atoms with van der Waals surface area (Å²) in [7, 11) is 0. The van der Waals surface area contributed by atoms with Gasteiger partial charge in [-0.3, -0.25) is 19.2 Å². The number of aliphatic hydroxyl groups excluding tert-OH is 1. The minimum atomic E-state index is -2.50. The molecule has 0 aromatic heterocycles. The van der Waals surface area contributed by atoms with Gasteiger partial charge in [0.1, 0.15) is 23.9 Å². The molecule has 3 fully saturated rings. The number of nitrogens with one attached hydrogen (secondary N) is 1. The molecule has 1 unspecified atom stereocenters. The zero-order chi connectivity index (χ0) is 45.9. The molecule has 15 nitrogen and oxygen atoms in total. The van der Waals surface area contributed by atoms with E-state index >= 15 is 4.79 Å². The Hall–Kier alpha value is -5.74. The van der Waals surface area contributed by atoms with Crippen LogP contribution in [0.5, 0.6) is 0 Å². The minimum absolute atomic E-state index is 0.00737. The monoisotopic (exact) mass is 867 g/mol. The minimum Gasteiger partial charge on any atom is -0.456 e. The molecule has 2 saturated carbocycles. The quantitative estimate of drug-likeness (QED) is 0.128. The van der Waals surface area contributed by atoms with Gasteiger partial charge in [0.05, 0.1) is 35.6 Å². The van der Waals surface area contributed by atoms with Crippen LogP contribution in [0.1, 0.15) is 93.6 Å². The highest BCUT2D eigenvalue weighted by molar-refractivity contribution is 5.96. The van der Waals surface area contributed by atoms with Crippen molar-refractivity contribution in [3.05, 3.63) is 119 Å². The molecule has 4 N–H and O–H groups in total. The summed E-state index contributed by atoms with van der Waals surface area (Å²) in [6, 6.07) is 22.9. The Labute approximate surface area is 364 Å². The maximum atomic E-state index is 15.5. The predicted molar refractivity (Wildman–Crippen MR) is 222 cm³/mol. The van der Waals surface area contributed by atoms with Crippen LogP contribution in [0.2, 0.25) is 0 Å². The molecule has 3 aromatic rings. The van der Waals surface area contributed by atoms with E-state index in [2.05, 4.69) is 5.32 Å². The van der Waals surface area contributed by atoms with Crippen molar-refractivity contribution in [1.29, 1.82) is 0 Å². The third-order valence-corrected chi connectivity index (χ3v) is 13.9. The Balaban J connectivity index is 1.41.